The first-order valence-electron chi connectivity index (χ1n) is 6.22. The van der Waals surface area contributed by atoms with Crippen LogP contribution >= 0.6 is 0 Å². The van der Waals surface area contributed by atoms with Crippen molar-refractivity contribution in [2.24, 2.45) is 22.5 Å². The summed E-state index contributed by atoms with van der Waals surface area (Å²) in [7, 11) is 1.69. The molecule has 0 saturated heterocycles. The Morgan fingerprint density at radius 3 is 2.24 bits per heavy atom. The topological polar surface area (TPSA) is 35.2 Å². The van der Waals surface area contributed by atoms with Gasteiger partial charge in [0.2, 0.25) is 0 Å². The van der Waals surface area contributed by atoms with Crippen LogP contribution in [-0.2, 0) is 0 Å². The van der Waals surface area contributed by atoms with Gasteiger partial charge in [-0.2, -0.15) is 0 Å². The van der Waals surface area contributed by atoms with Gasteiger partial charge in [0.25, 0.3) is 0 Å². The second kappa shape index (κ2) is 3.74. The lowest BCUT2D eigenvalue weighted by atomic mass is 9.97. The van der Waals surface area contributed by atoms with Crippen LogP contribution in [-0.4, -0.2) is 7.11 Å². The first-order valence-corrected chi connectivity index (χ1v) is 6.22. The van der Waals surface area contributed by atoms with E-state index in [1.165, 1.54) is 5.56 Å². The van der Waals surface area contributed by atoms with Gasteiger partial charge < -0.3 is 10.5 Å². The van der Waals surface area contributed by atoms with Gasteiger partial charge >= 0.3 is 0 Å². The third-order valence-corrected chi connectivity index (χ3v) is 4.97. The molecule has 17 heavy (non-hydrogen) atoms. The summed E-state index contributed by atoms with van der Waals surface area (Å²) >= 11 is 0. The third-order valence-electron chi connectivity index (χ3n) is 4.97. The summed E-state index contributed by atoms with van der Waals surface area (Å²) in [6.07, 6.45) is 0. The summed E-state index contributed by atoms with van der Waals surface area (Å²) in [6.45, 7) is 9.21. The van der Waals surface area contributed by atoms with Crippen LogP contribution in [0.15, 0.2) is 24.3 Å². The molecule has 1 saturated carbocycles. The Kier molecular flexibility index (Phi) is 2.74. The highest BCUT2D eigenvalue weighted by molar-refractivity contribution is 5.33. The van der Waals surface area contributed by atoms with Crippen molar-refractivity contribution in [3.05, 3.63) is 29.8 Å². The highest BCUT2D eigenvalue weighted by Gasteiger charge is 2.66. The smallest absolute Gasteiger partial charge is 0.119 e. The Hall–Kier alpha value is -1.02. The predicted molar refractivity (Wildman–Crippen MR) is 71.0 cm³/mol. The zero-order valence-electron chi connectivity index (χ0n) is 11.4. The molecule has 1 aliphatic carbocycles. The Morgan fingerprint density at radius 2 is 1.76 bits per heavy atom. The molecule has 0 aliphatic heterocycles. The molecule has 1 aliphatic rings. The maximum Gasteiger partial charge on any atom is 0.119 e. The van der Waals surface area contributed by atoms with E-state index in [2.05, 4.69) is 39.8 Å². The molecule has 1 aromatic rings. The predicted octanol–water partition coefficient (Wildman–Crippen LogP) is 3.38. The molecule has 1 aromatic carbocycles. The van der Waals surface area contributed by atoms with Crippen molar-refractivity contribution in [1.29, 1.82) is 0 Å². The summed E-state index contributed by atoms with van der Waals surface area (Å²) in [5, 5.41) is 0. The van der Waals surface area contributed by atoms with E-state index in [0.29, 0.717) is 16.7 Å². The average Bonchev–Trinajstić information content (AvgIpc) is 2.69. The van der Waals surface area contributed by atoms with E-state index in [1.807, 2.05) is 12.1 Å². The average molecular weight is 233 g/mol. The van der Waals surface area contributed by atoms with Crippen LogP contribution in [0.5, 0.6) is 5.75 Å². The van der Waals surface area contributed by atoms with Crippen LogP contribution in [0.2, 0.25) is 0 Å². The van der Waals surface area contributed by atoms with Gasteiger partial charge in [0, 0.05) is 6.04 Å². The fourth-order valence-electron chi connectivity index (χ4n) is 3.19. The van der Waals surface area contributed by atoms with Gasteiger partial charge in [-0.25, -0.2) is 0 Å². The summed E-state index contributed by atoms with van der Waals surface area (Å²) < 4.78 is 5.25. The van der Waals surface area contributed by atoms with Crippen molar-refractivity contribution in [1.82, 2.24) is 0 Å². The van der Waals surface area contributed by atoms with Gasteiger partial charge in [-0.15, -0.1) is 0 Å². The molecule has 1 atom stereocenters. The van der Waals surface area contributed by atoms with Gasteiger partial charge in [0.15, 0.2) is 0 Å². The Morgan fingerprint density at radius 1 is 1.18 bits per heavy atom. The first-order chi connectivity index (χ1) is 7.82. The lowest BCUT2D eigenvalue weighted by molar-refractivity contribution is 0.412. The molecule has 0 bridgehead atoms. The molecule has 0 amide bonds. The van der Waals surface area contributed by atoms with Crippen LogP contribution in [0.1, 0.15) is 39.3 Å². The van der Waals surface area contributed by atoms with Gasteiger partial charge in [0.1, 0.15) is 5.75 Å². The minimum Gasteiger partial charge on any atom is -0.497 e. The fraction of sp³-hybridized carbons (Fsp3) is 0.600. The third kappa shape index (κ3) is 1.75. The van der Waals surface area contributed by atoms with Gasteiger partial charge in [-0.1, -0.05) is 39.8 Å². The van der Waals surface area contributed by atoms with Crippen molar-refractivity contribution in [2.45, 2.75) is 33.7 Å². The van der Waals surface area contributed by atoms with E-state index in [-0.39, 0.29) is 6.04 Å². The molecular formula is C15H23NO. The van der Waals surface area contributed by atoms with Gasteiger partial charge in [-0.05, 0) is 34.4 Å². The second-order valence-electron chi connectivity index (χ2n) is 6.22. The summed E-state index contributed by atoms with van der Waals surface area (Å²) in [6, 6.07) is 8.21. The second-order valence-corrected chi connectivity index (χ2v) is 6.22. The summed E-state index contributed by atoms with van der Waals surface area (Å²) in [4.78, 5) is 0. The number of methoxy groups -OCH3 is 1. The van der Waals surface area contributed by atoms with Gasteiger partial charge in [0.05, 0.1) is 7.11 Å². The number of rotatable bonds is 3. The van der Waals surface area contributed by atoms with Gasteiger partial charge in [-0.3, -0.25) is 0 Å². The van der Waals surface area contributed by atoms with Crippen LogP contribution < -0.4 is 10.5 Å². The normalized spacial score (nSPS) is 23.2. The highest BCUT2D eigenvalue weighted by Crippen LogP contribution is 2.71. The lowest BCUT2D eigenvalue weighted by Crippen LogP contribution is -2.16. The Balaban J connectivity index is 2.24. The number of hydrogen-bond acceptors (Lipinski definition) is 2. The minimum atomic E-state index is 0.0927. The van der Waals surface area contributed by atoms with Crippen molar-refractivity contribution < 1.29 is 4.74 Å². The molecule has 94 valence electrons. The molecular weight excluding hydrogens is 210 g/mol. The molecule has 0 spiro atoms. The largest absolute Gasteiger partial charge is 0.497 e. The van der Waals surface area contributed by atoms with Crippen LogP contribution in [0.4, 0.5) is 0 Å². The van der Waals surface area contributed by atoms with Crippen LogP contribution in [0.25, 0.3) is 0 Å². The summed E-state index contributed by atoms with van der Waals surface area (Å²) in [5.74, 6) is 1.41. The van der Waals surface area contributed by atoms with Crippen molar-refractivity contribution in [2.75, 3.05) is 7.11 Å². The van der Waals surface area contributed by atoms with Crippen molar-refractivity contribution >= 4 is 0 Å². The molecule has 2 nitrogen and oxygen atoms in total. The van der Waals surface area contributed by atoms with E-state index in [1.54, 1.807) is 7.11 Å². The maximum absolute atomic E-state index is 6.42. The van der Waals surface area contributed by atoms with E-state index in [0.717, 1.165) is 5.75 Å². The molecule has 0 radical (unpaired) electrons. The molecule has 1 unspecified atom stereocenters. The standard InChI is InChI=1S/C15H23NO/c1-14(2)13(15(14,3)4)12(16)10-7-6-8-11(9-10)17-5/h6-9,12-13H,16H2,1-5H3. The Bertz CT molecular complexity index is 409. The zero-order valence-corrected chi connectivity index (χ0v) is 11.4. The first kappa shape index (κ1) is 12.4. The molecule has 2 heteroatoms. The number of ether oxygens (including phenoxy) is 1. The Labute approximate surface area is 104 Å². The molecule has 0 aromatic heterocycles. The molecule has 2 N–H and O–H groups in total. The number of benzene rings is 1. The van der Waals surface area contributed by atoms with Crippen molar-refractivity contribution in [3.63, 3.8) is 0 Å². The zero-order chi connectivity index (χ0) is 12.8. The maximum atomic E-state index is 6.42. The van der Waals surface area contributed by atoms with E-state index in [9.17, 15) is 0 Å². The molecule has 1 fully saturated rings. The van der Waals surface area contributed by atoms with E-state index < -0.39 is 0 Å². The van der Waals surface area contributed by atoms with E-state index in [4.69, 9.17) is 10.5 Å². The minimum absolute atomic E-state index is 0.0927. The van der Waals surface area contributed by atoms with E-state index >= 15 is 0 Å². The quantitative estimate of drug-likeness (QED) is 0.868. The summed E-state index contributed by atoms with van der Waals surface area (Å²) in [5.41, 5.74) is 8.22. The van der Waals surface area contributed by atoms with Crippen LogP contribution in [0, 0.1) is 16.7 Å². The highest BCUT2D eigenvalue weighted by atomic mass is 16.5. The number of nitrogens with two attached hydrogens (primary N) is 1. The monoisotopic (exact) mass is 233 g/mol. The number of hydrogen-bond donors (Lipinski definition) is 1. The van der Waals surface area contributed by atoms with Crippen LogP contribution in [0.3, 0.4) is 0 Å². The molecule has 2 rings (SSSR count). The molecule has 0 heterocycles. The SMILES string of the molecule is COc1cccc(C(N)C2C(C)(C)C2(C)C)c1. The van der Waals surface area contributed by atoms with Crippen molar-refractivity contribution in [3.8, 4) is 5.75 Å². The fourth-order valence-corrected chi connectivity index (χ4v) is 3.19. The lowest BCUT2D eigenvalue weighted by Gasteiger charge is -2.15.